The molecule has 1 N–H and O–H groups in total. The van der Waals surface area contributed by atoms with Gasteiger partial charge in [-0.1, -0.05) is 30.3 Å². The van der Waals surface area contributed by atoms with Gasteiger partial charge in [-0.05, 0) is 44.2 Å². The average molecular weight is 288 g/mol. The van der Waals surface area contributed by atoms with Gasteiger partial charge >= 0.3 is 0 Å². The van der Waals surface area contributed by atoms with Crippen molar-refractivity contribution in [3.8, 4) is 0 Å². The molecule has 3 atom stereocenters. The van der Waals surface area contributed by atoms with Crippen LogP contribution in [0.3, 0.4) is 0 Å². The highest BCUT2D eigenvalue weighted by Crippen LogP contribution is 2.26. The van der Waals surface area contributed by atoms with Crippen LogP contribution in [0.5, 0.6) is 0 Å². The van der Waals surface area contributed by atoms with Gasteiger partial charge in [0.1, 0.15) is 0 Å². The third kappa shape index (κ3) is 4.06. The molecule has 0 radical (unpaired) electrons. The van der Waals surface area contributed by atoms with Crippen LogP contribution < -0.4 is 5.32 Å². The summed E-state index contributed by atoms with van der Waals surface area (Å²) in [5.74, 6) is 0.724. The zero-order valence-electron chi connectivity index (χ0n) is 13.1. The van der Waals surface area contributed by atoms with Gasteiger partial charge in [0, 0.05) is 32.3 Å². The largest absolute Gasteiger partial charge is 0.377 e. The zero-order chi connectivity index (χ0) is 14.5. The second kappa shape index (κ2) is 7.39. The number of hydrogen-bond donors (Lipinski definition) is 1. The smallest absolute Gasteiger partial charge is 0.0726 e. The third-order valence-corrected chi connectivity index (χ3v) is 4.96. The molecule has 1 aromatic carbocycles. The van der Waals surface area contributed by atoms with Crippen molar-refractivity contribution < 1.29 is 4.74 Å². The second-order valence-corrected chi connectivity index (χ2v) is 6.49. The first-order valence-corrected chi connectivity index (χ1v) is 8.45. The van der Waals surface area contributed by atoms with Crippen LogP contribution in [0.25, 0.3) is 0 Å². The normalized spacial score (nSPS) is 28.0. The van der Waals surface area contributed by atoms with Crippen LogP contribution in [0.2, 0.25) is 0 Å². The van der Waals surface area contributed by atoms with E-state index in [1.165, 1.54) is 37.9 Å². The van der Waals surface area contributed by atoms with E-state index >= 15 is 0 Å². The first kappa shape index (κ1) is 15.0. The standard InChI is InChI=1S/C18H28N2O/c1-15(18-8-5-13-21-18)19-10-12-20-11-9-17(14-20)16-6-3-2-4-7-16/h2-4,6-7,15,17-19H,5,8-14H2,1H3. The Morgan fingerprint density at radius 1 is 1.29 bits per heavy atom. The van der Waals surface area contributed by atoms with E-state index < -0.39 is 0 Å². The van der Waals surface area contributed by atoms with Crippen molar-refractivity contribution in [3.63, 3.8) is 0 Å². The number of rotatable bonds is 6. The van der Waals surface area contributed by atoms with Gasteiger partial charge in [0.2, 0.25) is 0 Å². The van der Waals surface area contributed by atoms with E-state index in [0.717, 1.165) is 25.6 Å². The van der Waals surface area contributed by atoms with Crippen LogP contribution in [0.1, 0.15) is 37.7 Å². The molecule has 3 unspecified atom stereocenters. The lowest BCUT2D eigenvalue weighted by Gasteiger charge is -2.22. The van der Waals surface area contributed by atoms with E-state index in [1.54, 1.807) is 0 Å². The van der Waals surface area contributed by atoms with Crippen LogP contribution in [-0.2, 0) is 4.74 Å². The maximum Gasteiger partial charge on any atom is 0.0726 e. The van der Waals surface area contributed by atoms with Crippen molar-refractivity contribution in [3.05, 3.63) is 35.9 Å². The Morgan fingerprint density at radius 3 is 2.90 bits per heavy atom. The molecule has 2 aliphatic rings. The van der Waals surface area contributed by atoms with Crippen molar-refractivity contribution >= 4 is 0 Å². The molecule has 2 fully saturated rings. The summed E-state index contributed by atoms with van der Waals surface area (Å²) in [5, 5.41) is 3.64. The predicted octanol–water partition coefficient (Wildman–Crippen LogP) is 2.63. The van der Waals surface area contributed by atoms with Crippen molar-refractivity contribution in [2.75, 3.05) is 32.8 Å². The summed E-state index contributed by atoms with van der Waals surface area (Å²) in [7, 11) is 0. The molecular weight excluding hydrogens is 260 g/mol. The lowest BCUT2D eigenvalue weighted by Crippen LogP contribution is -2.41. The summed E-state index contributed by atoms with van der Waals surface area (Å²) >= 11 is 0. The Labute approximate surface area is 128 Å². The molecule has 0 aromatic heterocycles. The number of nitrogens with zero attached hydrogens (tertiary/aromatic N) is 1. The molecule has 2 heterocycles. The van der Waals surface area contributed by atoms with Crippen LogP contribution in [0.4, 0.5) is 0 Å². The topological polar surface area (TPSA) is 24.5 Å². The molecule has 3 rings (SSSR count). The molecule has 3 heteroatoms. The van der Waals surface area contributed by atoms with Gasteiger partial charge in [-0.2, -0.15) is 0 Å². The molecule has 2 saturated heterocycles. The molecule has 116 valence electrons. The highest BCUT2D eigenvalue weighted by atomic mass is 16.5. The van der Waals surface area contributed by atoms with Crippen molar-refractivity contribution in [1.82, 2.24) is 10.2 Å². The number of nitrogens with one attached hydrogen (secondary N) is 1. The predicted molar refractivity (Wildman–Crippen MR) is 86.7 cm³/mol. The van der Waals surface area contributed by atoms with E-state index in [1.807, 2.05) is 0 Å². The Hall–Kier alpha value is -0.900. The molecule has 0 amide bonds. The van der Waals surface area contributed by atoms with E-state index in [-0.39, 0.29) is 0 Å². The Morgan fingerprint density at radius 2 is 2.14 bits per heavy atom. The van der Waals surface area contributed by atoms with Crippen molar-refractivity contribution in [2.24, 2.45) is 0 Å². The number of hydrogen-bond acceptors (Lipinski definition) is 3. The molecule has 1 aromatic rings. The summed E-state index contributed by atoms with van der Waals surface area (Å²) in [6.45, 7) is 7.87. The summed E-state index contributed by atoms with van der Waals surface area (Å²) in [4.78, 5) is 2.59. The van der Waals surface area contributed by atoms with Gasteiger partial charge in [-0.3, -0.25) is 0 Å². The lowest BCUT2D eigenvalue weighted by atomic mass is 9.99. The summed E-state index contributed by atoms with van der Waals surface area (Å²) in [6, 6.07) is 11.4. The van der Waals surface area contributed by atoms with E-state index in [9.17, 15) is 0 Å². The highest BCUT2D eigenvalue weighted by Gasteiger charge is 2.24. The quantitative estimate of drug-likeness (QED) is 0.871. The van der Waals surface area contributed by atoms with Gasteiger partial charge in [0.25, 0.3) is 0 Å². The molecule has 2 aliphatic heterocycles. The molecule has 0 spiro atoms. The van der Waals surface area contributed by atoms with Gasteiger partial charge in [-0.25, -0.2) is 0 Å². The fourth-order valence-corrected chi connectivity index (χ4v) is 3.61. The summed E-state index contributed by atoms with van der Waals surface area (Å²) < 4.78 is 5.74. The Bertz CT molecular complexity index is 416. The summed E-state index contributed by atoms with van der Waals surface area (Å²) in [5.41, 5.74) is 1.50. The monoisotopic (exact) mass is 288 g/mol. The summed E-state index contributed by atoms with van der Waals surface area (Å²) in [6.07, 6.45) is 4.17. The average Bonchev–Trinajstić information content (AvgIpc) is 3.20. The van der Waals surface area contributed by atoms with Crippen molar-refractivity contribution in [1.29, 1.82) is 0 Å². The fraction of sp³-hybridized carbons (Fsp3) is 0.667. The van der Waals surface area contributed by atoms with E-state index in [4.69, 9.17) is 4.74 Å². The van der Waals surface area contributed by atoms with Gasteiger partial charge in [-0.15, -0.1) is 0 Å². The SMILES string of the molecule is CC(NCCN1CCC(c2ccccc2)C1)C1CCCO1. The number of ether oxygens (including phenoxy) is 1. The molecule has 0 saturated carbocycles. The van der Waals surface area contributed by atoms with Gasteiger partial charge < -0.3 is 15.0 Å². The zero-order valence-corrected chi connectivity index (χ0v) is 13.1. The third-order valence-electron chi connectivity index (χ3n) is 4.96. The number of benzene rings is 1. The Balaban J connectivity index is 1.37. The molecule has 3 nitrogen and oxygen atoms in total. The maximum atomic E-state index is 5.74. The van der Waals surface area contributed by atoms with Crippen molar-refractivity contribution in [2.45, 2.75) is 44.2 Å². The van der Waals surface area contributed by atoms with Crippen LogP contribution in [0.15, 0.2) is 30.3 Å². The van der Waals surface area contributed by atoms with E-state index in [0.29, 0.717) is 12.1 Å². The highest BCUT2D eigenvalue weighted by molar-refractivity contribution is 5.20. The number of likely N-dealkylation sites (tertiary alicyclic amines) is 1. The molecular formula is C18H28N2O. The molecule has 21 heavy (non-hydrogen) atoms. The minimum atomic E-state index is 0.431. The van der Waals surface area contributed by atoms with Gasteiger partial charge in [0.05, 0.1) is 6.10 Å². The van der Waals surface area contributed by atoms with Crippen LogP contribution in [-0.4, -0.2) is 49.8 Å². The molecule has 0 bridgehead atoms. The lowest BCUT2D eigenvalue weighted by molar-refractivity contribution is 0.0829. The minimum absolute atomic E-state index is 0.431. The van der Waals surface area contributed by atoms with Crippen LogP contribution >= 0.6 is 0 Å². The minimum Gasteiger partial charge on any atom is -0.377 e. The molecule has 0 aliphatic carbocycles. The first-order valence-electron chi connectivity index (χ1n) is 8.45. The second-order valence-electron chi connectivity index (χ2n) is 6.49. The Kier molecular flexibility index (Phi) is 5.28. The first-order chi connectivity index (χ1) is 10.3. The maximum absolute atomic E-state index is 5.74. The van der Waals surface area contributed by atoms with E-state index in [2.05, 4.69) is 47.5 Å². The van der Waals surface area contributed by atoms with Gasteiger partial charge in [0.15, 0.2) is 0 Å². The fourth-order valence-electron chi connectivity index (χ4n) is 3.61. The van der Waals surface area contributed by atoms with Crippen LogP contribution in [0, 0.1) is 0 Å².